The number of nitrogens with two attached hydrogens (primary N) is 1. The summed E-state index contributed by atoms with van der Waals surface area (Å²) in [5, 5.41) is 0. The topological polar surface area (TPSA) is 48.4 Å². The molecule has 0 unspecified atom stereocenters. The minimum Gasteiger partial charge on any atom is -0.493 e. The Bertz CT molecular complexity index is 282. The first-order chi connectivity index (χ1) is 5.96. The lowest BCUT2D eigenvalue weighted by atomic mass is 10.2. The average molecular weight is 195 g/mol. The fraction of sp³-hybridized carbons (Fsp3) is 0.429. The van der Waals surface area contributed by atoms with Crippen LogP contribution >= 0.6 is 0 Å². The van der Waals surface area contributed by atoms with Gasteiger partial charge in [0, 0.05) is 6.07 Å². The predicted molar refractivity (Wildman–Crippen MR) is 38.2 cm³/mol. The van der Waals surface area contributed by atoms with E-state index < -0.39 is 18.0 Å². The highest BCUT2D eigenvalue weighted by Crippen LogP contribution is 2.35. The van der Waals surface area contributed by atoms with Crippen molar-refractivity contribution in [2.75, 3.05) is 7.11 Å². The van der Waals surface area contributed by atoms with E-state index in [1.54, 1.807) is 0 Å². The first-order valence-corrected chi connectivity index (χ1v) is 3.40. The lowest BCUT2D eigenvalue weighted by molar-refractivity contribution is -0.153. The minimum atomic E-state index is -4.52. The summed E-state index contributed by atoms with van der Waals surface area (Å²) in [5.74, 6) is -0.403. The van der Waals surface area contributed by atoms with Gasteiger partial charge in [-0.15, -0.1) is 0 Å². The maximum atomic E-state index is 12.1. The second-order valence-corrected chi connectivity index (χ2v) is 2.37. The van der Waals surface area contributed by atoms with Crippen molar-refractivity contribution in [3.63, 3.8) is 0 Å². The first-order valence-electron chi connectivity index (χ1n) is 3.40. The van der Waals surface area contributed by atoms with Gasteiger partial charge in [0.05, 0.1) is 13.4 Å². The highest BCUT2D eigenvalue weighted by atomic mass is 19.4. The molecule has 0 radical (unpaired) electrons. The summed E-state index contributed by atoms with van der Waals surface area (Å²) >= 11 is 0. The molecule has 0 bridgehead atoms. The van der Waals surface area contributed by atoms with Crippen molar-refractivity contribution in [2.24, 2.45) is 5.73 Å². The largest absolute Gasteiger partial charge is 0.493 e. The van der Waals surface area contributed by atoms with E-state index in [0.717, 1.165) is 6.26 Å². The van der Waals surface area contributed by atoms with Gasteiger partial charge in [-0.25, -0.2) is 0 Å². The summed E-state index contributed by atoms with van der Waals surface area (Å²) in [5.41, 5.74) is 4.89. The summed E-state index contributed by atoms with van der Waals surface area (Å²) in [7, 11) is 1.25. The summed E-state index contributed by atoms with van der Waals surface area (Å²) in [6.45, 7) is 0. The molecule has 74 valence electrons. The van der Waals surface area contributed by atoms with E-state index in [2.05, 4.69) is 9.15 Å². The summed E-state index contributed by atoms with van der Waals surface area (Å²) in [6.07, 6.45) is -3.43. The van der Waals surface area contributed by atoms with Crippen LogP contribution in [0.15, 0.2) is 16.7 Å². The van der Waals surface area contributed by atoms with Crippen LogP contribution in [0, 0.1) is 0 Å². The number of hydrogen-bond acceptors (Lipinski definition) is 3. The fourth-order valence-corrected chi connectivity index (χ4v) is 0.853. The van der Waals surface area contributed by atoms with Gasteiger partial charge in [0.15, 0.2) is 17.6 Å². The minimum absolute atomic E-state index is 0.00447. The van der Waals surface area contributed by atoms with Crippen LogP contribution in [0.25, 0.3) is 0 Å². The maximum Gasteiger partial charge on any atom is 0.410 e. The molecule has 0 amide bonds. The maximum absolute atomic E-state index is 12.1. The molecule has 1 aromatic heterocycles. The molecule has 2 N–H and O–H groups in total. The molecular weight excluding hydrogens is 187 g/mol. The Morgan fingerprint density at radius 2 is 2.15 bits per heavy atom. The van der Waals surface area contributed by atoms with Crippen LogP contribution < -0.4 is 10.5 Å². The van der Waals surface area contributed by atoms with E-state index >= 15 is 0 Å². The molecular formula is C7H8F3NO2. The number of rotatable bonds is 2. The van der Waals surface area contributed by atoms with Gasteiger partial charge in [0.2, 0.25) is 0 Å². The van der Waals surface area contributed by atoms with Gasteiger partial charge in [-0.05, 0) is 0 Å². The van der Waals surface area contributed by atoms with Crippen molar-refractivity contribution in [2.45, 2.75) is 12.2 Å². The number of furan rings is 1. The van der Waals surface area contributed by atoms with Crippen molar-refractivity contribution in [1.29, 1.82) is 0 Å². The van der Waals surface area contributed by atoms with Crippen LogP contribution in [-0.2, 0) is 0 Å². The third kappa shape index (κ3) is 1.95. The molecule has 0 aromatic carbocycles. The molecule has 0 fully saturated rings. The quantitative estimate of drug-likeness (QED) is 0.783. The number of alkyl halides is 3. The fourth-order valence-electron chi connectivity index (χ4n) is 0.853. The van der Waals surface area contributed by atoms with Gasteiger partial charge in [-0.2, -0.15) is 13.2 Å². The van der Waals surface area contributed by atoms with Gasteiger partial charge >= 0.3 is 6.18 Å². The normalized spacial score (nSPS) is 14.2. The molecule has 1 atom stereocenters. The summed E-state index contributed by atoms with van der Waals surface area (Å²) in [4.78, 5) is 0. The Labute approximate surface area is 72.3 Å². The molecule has 0 spiro atoms. The predicted octanol–water partition coefficient (Wildman–Crippen LogP) is 1.85. The third-order valence-electron chi connectivity index (χ3n) is 1.51. The molecule has 0 aliphatic rings. The molecule has 0 aliphatic heterocycles. The molecule has 0 saturated heterocycles. The number of ether oxygens (including phenoxy) is 1. The van der Waals surface area contributed by atoms with Crippen LogP contribution in [0.4, 0.5) is 13.2 Å². The van der Waals surface area contributed by atoms with E-state index in [0.29, 0.717) is 0 Å². The van der Waals surface area contributed by atoms with Crippen molar-refractivity contribution < 1.29 is 22.3 Å². The van der Waals surface area contributed by atoms with Gasteiger partial charge in [0.25, 0.3) is 0 Å². The van der Waals surface area contributed by atoms with Gasteiger partial charge in [-0.3, -0.25) is 0 Å². The zero-order valence-electron chi connectivity index (χ0n) is 6.76. The van der Waals surface area contributed by atoms with Crippen molar-refractivity contribution in [3.8, 4) is 5.75 Å². The Morgan fingerprint density at radius 1 is 1.54 bits per heavy atom. The molecule has 13 heavy (non-hydrogen) atoms. The number of halogens is 3. The monoisotopic (exact) mass is 195 g/mol. The van der Waals surface area contributed by atoms with E-state index in [-0.39, 0.29) is 5.75 Å². The molecule has 0 aliphatic carbocycles. The van der Waals surface area contributed by atoms with Crippen LogP contribution in [0.2, 0.25) is 0 Å². The van der Waals surface area contributed by atoms with Crippen LogP contribution in [0.3, 0.4) is 0 Å². The van der Waals surface area contributed by atoms with Gasteiger partial charge in [-0.1, -0.05) is 0 Å². The Balaban J connectivity index is 2.94. The molecule has 3 nitrogen and oxygen atoms in total. The summed E-state index contributed by atoms with van der Waals surface area (Å²) in [6, 6.07) is -0.863. The standard InChI is InChI=1S/C7H8F3NO2/c1-12-4-2-3-13-5(4)6(11)7(8,9)10/h2-3,6H,11H2,1H3/t6-/m1/s1. The lowest BCUT2D eigenvalue weighted by Gasteiger charge is -2.13. The van der Waals surface area contributed by atoms with E-state index in [1.165, 1.54) is 13.2 Å². The zero-order chi connectivity index (χ0) is 10.1. The molecule has 1 rings (SSSR count). The lowest BCUT2D eigenvalue weighted by Crippen LogP contribution is -2.28. The van der Waals surface area contributed by atoms with Crippen molar-refractivity contribution in [1.82, 2.24) is 0 Å². The molecule has 0 saturated carbocycles. The first kappa shape index (κ1) is 9.91. The molecule has 6 heteroatoms. The zero-order valence-corrected chi connectivity index (χ0v) is 6.76. The highest BCUT2D eigenvalue weighted by Gasteiger charge is 2.41. The van der Waals surface area contributed by atoms with Crippen molar-refractivity contribution in [3.05, 3.63) is 18.1 Å². The summed E-state index contributed by atoms with van der Waals surface area (Å²) < 4.78 is 45.5. The molecule has 1 aromatic rings. The second-order valence-electron chi connectivity index (χ2n) is 2.37. The SMILES string of the molecule is COc1ccoc1[C@@H](N)C(F)(F)F. The van der Waals surface area contributed by atoms with Crippen LogP contribution in [0.1, 0.15) is 11.8 Å². The number of methoxy groups -OCH3 is 1. The average Bonchev–Trinajstić information content (AvgIpc) is 2.48. The highest BCUT2D eigenvalue weighted by molar-refractivity contribution is 5.27. The van der Waals surface area contributed by atoms with Crippen molar-refractivity contribution >= 4 is 0 Å². The third-order valence-corrected chi connectivity index (χ3v) is 1.51. The van der Waals surface area contributed by atoms with Crippen LogP contribution in [-0.4, -0.2) is 13.3 Å². The van der Waals surface area contributed by atoms with Crippen LogP contribution in [0.5, 0.6) is 5.75 Å². The van der Waals surface area contributed by atoms with E-state index in [4.69, 9.17) is 5.73 Å². The Kier molecular flexibility index (Phi) is 2.51. The smallest absolute Gasteiger partial charge is 0.410 e. The van der Waals surface area contributed by atoms with E-state index in [9.17, 15) is 13.2 Å². The Hall–Kier alpha value is -1.17. The van der Waals surface area contributed by atoms with E-state index in [1.807, 2.05) is 0 Å². The van der Waals surface area contributed by atoms with Gasteiger partial charge < -0.3 is 14.9 Å². The van der Waals surface area contributed by atoms with Gasteiger partial charge in [0.1, 0.15) is 0 Å². The number of hydrogen-bond donors (Lipinski definition) is 1. The molecule has 1 heterocycles. The Morgan fingerprint density at radius 3 is 2.62 bits per heavy atom. The second kappa shape index (κ2) is 3.29.